The minimum absolute atomic E-state index is 0.0768. The van der Waals surface area contributed by atoms with Crippen LogP contribution in [0.5, 0.6) is 11.5 Å². The van der Waals surface area contributed by atoms with Gasteiger partial charge < -0.3 is 19.7 Å². The number of phenolic OH excluding ortho intramolecular Hbond substituents is 1. The quantitative estimate of drug-likeness (QED) is 0.271. The van der Waals surface area contributed by atoms with Crippen LogP contribution < -0.4 is 14.4 Å². The minimum Gasteiger partial charge on any atom is -0.506 e. The van der Waals surface area contributed by atoms with E-state index in [1.165, 1.54) is 0 Å². The van der Waals surface area contributed by atoms with Crippen LogP contribution in [0.25, 0.3) is 0 Å². The average Bonchev–Trinajstić information content (AvgIpc) is 3.60. The second kappa shape index (κ2) is 10.8. The summed E-state index contributed by atoms with van der Waals surface area (Å²) in [6.07, 6.45) is -5.97. The maximum atomic E-state index is 13.9. The molecular weight excluding hydrogens is 552 g/mol. The molecule has 39 heavy (non-hydrogen) atoms. The maximum absolute atomic E-state index is 13.9. The van der Waals surface area contributed by atoms with Crippen LogP contribution in [-0.4, -0.2) is 56.1 Å². The highest BCUT2D eigenvalue weighted by molar-refractivity contribution is 7.92. The Bertz CT molecular complexity index is 1360. The normalized spacial score (nSPS) is 17.3. The first kappa shape index (κ1) is 29.8. The molecule has 3 N–H and O–H groups in total. The van der Waals surface area contributed by atoms with Gasteiger partial charge in [0.15, 0.2) is 11.6 Å². The second-order valence-electron chi connectivity index (χ2n) is 9.33. The molecule has 15 heteroatoms. The third-order valence-corrected chi connectivity index (χ3v) is 7.98. The summed E-state index contributed by atoms with van der Waals surface area (Å²) in [5, 5.41) is 21.8. The van der Waals surface area contributed by atoms with Crippen LogP contribution in [0.2, 0.25) is 0 Å². The van der Waals surface area contributed by atoms with Gasteiger partial charge in [0, 0.05) is 18.3 Å². The summed E-state index contributed by atoms with van der Waals surface area (Å²) in [6.45, 7) is 0.962. The number of nitrogens with one attached hydrogen (secondary N) is 1. The zero-order valence-electron chi connectivity index (χ0n) is 21.0. The van der Waals surface area contributed by atoms with Crippen LogP contribution in [0.4, 0.5) is 33.7 Å². The third-order valence-electron chi connectivity index (χ3n) is 6.17. The number of methoxy groups -OCH3 is 1. The highest BCUT2D eigenvalue weighted by Crippen LogP contribution is 2.43. The summed E-state index contributed by atoms with van der Waals surface area (Å²) in [7, 11) is -3.41. The van der Waals surface area contributed by atoms with Crippen LogP contribution >= 0.6 is 0 Å². The lowest BCUT2D eigenvalue weighted by Gasteiger charge is -2.28. The number of rotatable bonds is 10. The summed E-state index contributed by atoms with van der Waals surface area (Å²) < 4.78 is 90.5. The predicted octanol–water partition coefficient (Wildman–Crippen LogP) is 4.74. The number of ether oxygens (including phenoxy) is 2. The summed E-state index contributed by atoms with van der Waals surface area (Å²) in [4.78, 5) is 23.0. The molecule has 1 fully saturated rings. The largest absolute Gasteiger partial charge is 0.506 e. The van der Waals surface area contributed by atoms with E-state index in [4.69, 9.17) is 4.74 Å². The smallest absolute Gasteiger partial charge is 0.427 e. The van der Waals surface area contributed by atoms with Gasteiger partial charge in [0.25, 0.3) is 10.0 Å². The number of hydrogen-bond acceptors (Lipinski definition) is 7. The van der Waals surface area contributed by atoms with Crippen molar-refractivity contribution in [3.8, 4) is 11.5 Å². The summed E-state index contributed by atoms with van der Waals surface area (Å²) >= 11 is 0. The first-order valence-corrected chi connectivity index (χ1v) is 12.9. The highest BCUT2D eigenvalue weighted by atomic mass is 32.2. The zero-order valence-corrected chi connectivity index (χ0v) is 21.8. The number of anilines is 2. The molecule has 214 valence electrons. The number of amides is 1. The molecule has 3 rings (SSSR count). The molecule has 0 saturated heterocycles. The summed E-state index contributed by atoms with van der Waals surface area (Å²) in [5.41, 5.74) is -3.42. The van der Waals surface area contributed by atoms with Gasteiger partial charge >= 0.3 is 18.2 Å². The molecule has 0 heterocycles. The Morgan fingerprint density at radius 2 is 1.82 bits per heavy atom. The van der Waals surface area contributed by atoms with Gasteiger partial charge in [-0.3, -0.25) is 14.4 Å². The molecule has 2 atom stereocenters. The van der Waals surface area contributed by atoms with Gasteiger partial charge in [-0.1, -0.05) is 0 Å². The Kier molecular flexibility index (Phi) is 8.24. The molecule has 0 radical (unpaired) electrons. The third kappa shape index (κ3) is 6.64. The van der Waals surface area contributed by atoms with Crippen molar-refractivity contribution in [1.29, 1.82) is 0 Å². The van der Waals surface area contributed by atoms with Crippen LogP contribution in [0, 0.1) is 17.7 Å². The first-order chi connectivity index (χ1) is 18.0. The van der Waals surface area contributed by atoms with Crippen molar-refractivity contribution in [2.24, 2.45) is 11.8 Å². The topological polar surface area (TPSA) is 142 Å². The van der Waals surface area contributed by atoms with Crippen molar-refractivity contribution in [2.75, 3.05) is 23.3 Å². The van der Waals surface area contributed by atoms with Gasteiger partial charge in [-0.25, -0.2) is 17.6 Å². The van der Waals surface area contributed by atoms with Crippen molar-refractivity contribution in [2.45, 2.75) is 43.4 Å². The highest BCUT2D eigenvalue weighted by Gasteiger charge is 2.51. The Hall–Kier alpha value is -3.75. The fraction of sp³-hybridized carbons (Fsp3) is 0.417. The van der Waals surface area contributed by atoms with E-state index >= 15 is 0 Å². The van der Waals surface area contributed by atoms with Gasteiger partial charge in [-0.2, -0.15) is 13.2 Å². The molecule has 2 aromatic carbocycles. The molecule has 2 aromatic rings. The molecule has 1 aliphatic carbocycles. The lowest BCUT2D eigenvalue weighted by Crippen LogP contribution is -2.44. The molecule has 1 unspecified atom stereocenters. The Balaban J connectivity index is 1.97. The number of sulfonamides is 1. The van der Waals surface area contributed by atoms with Gasteiger partial charge in [0.1, 0.15) is 5.75 Å². The van der Waals surface area contributed by atoms with E-state index < -0.39 is 56.2 Å². The van der Waals surface area contributed by atoms with Gasteiger partial charge in [-0.15, -0.1) is 0 Å². The lowest BCUT2D eigenvalue weighted by molar-refractivity contribution is -0.242. The molecule has 1 saturated carbocycles. The van der Waals surface area contributed by atoms with Crippen LogP contribution in [-0.2, 0) is 19.6 Å². The van der Waals surface area contributed by atoms with Crippen molar-refractivity contribution < 1.29 is 55.3 Å². The van der Waals surface area contributed by atoms with E-state index in [1.54, 1.807) is 0 Å². The molecular formula is C24H26F4N2O8S. The number of hydrogen-bond donors (Lipinski definition) is 3. The number of nitrogens with zero attached hydrogens (tertiary/aromatic N) is 1. The van der Waals surface area contributed by atoms with E-state index in [-0.39, 0.29) is 36.0 Å². The SMILES string of the molecule is COc1cc(S(=O)(=O)N(CCC2C[C@H]2C(=O)O)c2cc(NC(=O)OC(C)(C)C(F)(F)F)ccc2O)ccc1F. The summed E-state index contributed by atoms with van der Waals surface area (Å²) in [5.74, 6) is -3.82. The molecule has 0 aromatic heterocycles. The standard InChI is InChI=1S/C24H26F4N2O8S/c1-23(2,24(26,27)28)38-22(34)29-14-4-7-19(31)18(11-14)30(9-8-13-10-16(13)21(32)33)39(35,36)15-5-6-17(25)20(12-15)37-3/h4-7,11-13,16,31H,8-10H2,1-3H3,(H,29,34)(H,32,33)/t13?,16-/m1/s1. The number of carboxylic acids is 1. The Labute approximate surface area is 221 Å². The van der Waals surface area contributed by atoms with Crippen LogP contribution in [0.3, 0.4) is 0 Å². The van der Waals surface area contributed by atoms with E-state index in [0.717, 1.165) is 47.8 Å². The van der Waals surface area contributed by atoms with Gasteiger partial charge in [0.2, 0.25) is 5.60 Å². The number of alkyl halides is 3. The van der Waals surface area contributed by atoms with E-state index in [1.807, 2.05) is 0 Å². The number of halogens is 4. The predicted molar refractivity (Wildman–Crippen MR) is 130 cm³/mol. The maximum Gasteiger partial charge on any atom is 0.427 e. The number of aliphatic carboxylic acids is 1. The number of carboxylic acid groups (broad SMARTS) is 1. The lowest BCUT2D eigenvalue weighted by atomic mass is 10.1. The van der Waals surface area contributed by atoms with E-state index in [9.17, 15) is 45.8 Å². The fourth-order valence-corrected chi connectivity index (χ4v) is 5.19. The Morgan fingerprint density at radius 3 is 2.38 bits per heavy atom. The van der Waals surface area contributed by atoms with Gasteiger partial charge in [0.05, 0.1) is 23.6 Å². The van der Waals surface area contributed by atoms with Crippen molar-refractivity contribution in [3.05, 3.63) is 42.2 Å². The summed E-state index contributed by atoms with van der Waals surface area (Å²) in [6, 6.07) is 5.86. The van der Waals surface area contributed by atoms with Crippen LogP contribution in [0.1, 0.15) is 26.7 Å². The fourth-order valence-electron chi connectivity index (χ4n) is 3.68. The average molecular weight is 579 g/mol. The molecule has 0 aliphatic heterocycles. The first-order valence-electron chi connectivity index (χ1n) is 11.5. The molecule has 10 nitrogen and oxygen atoms in total. The molecule has 1 aliphatic rings. The number of carbonyl (C=O) groups is 2. The Morgan fingerprint density at radius 1 is 1.15 bits per heavy atom. The second-order valence-corrected chi connectivity index (χ2v) is 11.2. The monoisotopic (exact) mass is 578 g/mol. The number of carbonyl (C=O) groups excluding carboxylic acids is 1. The molecule has 0 bridgehead atoms. The number of phenols is 1. The zero-order chi connectivity index (χ0) is 29.3. The van der Waals surface area contributed by atoms with Crippen molar-refractivity contribution in [3.63, 3.8) is 0 Å². The molecule has 0 spiro atoms. The van der Waals surface area contributed by atoms with Crippen molar-refractivity contribution >= 4 is 33.5 Å². The van der Waals surface area contributed by atoms with Gasteiger partial charge in [-0.05, 0) is 62.9 Å². The minimum atomic E-state index is -4.87. The number of aromatic hydroxyl groups is 1. The van der Waals surface area contributed by atoms with E-state index in [0.29, 0.717) is 20.3 Å². The van der Waals surface area contributed by atoms with E-state index in [2.05, 4.69) is 10.1 Å². The van der Waals surface area contributed by atoms with Crippen molar-refractivity contribution in [1.82, 2.24) is 0 Å². The number of benzene rings is 2. The molecule has 1 amide bonds. The van der Waals surface area contributed by atoms with Crippen LogP contribution in [0.15, 0.2) is 41.3 Å².